The Balaban J connectivity index is 2.20. The van der Waals surface area contributed by atoms with E-state index in [1.54, 1.807) is 56.3 Å². The number of sulfonamides is 1. The molecule has 24 heavy (non-hydrogen) atoms. The molecule has 0 spiro atoms. The third-order valence-corrected chi connectivity index (χ3v) is 4.00. The maximum atomic E-state index is 12.5. The fraction of sp³-hybridized carbons (Fsp3) is 0.333. The highest BCUT2D eigenvalue weighted by molar-refractivity contribution is 7.92. The standard InChI is InChI=1S/C15H21N5O3S/c1-10-5-6-12(7-13(10)19-24(4,22)23)18-15(21)14(16-2)11-8-17-20(3)9-11/h5-9,14,16,19H,1-4H3,(H,18,21). The normalized spacial score (nSPS) is 12.7. The summed E-state index contributed by atoms with van der Waals surface area (Å²) in [5.74, 6) is -0.264. The zero-order valence-electron chi connectivity index (χ0n) is 14.0. The van der Waals surface area contributed by atoms with Gasteiger partial charge >= 0.3 is 0 Å². The first-order valence-electron chi connectivity index (χ1n) is 7.24. The van der Waals surface area contributed by atoms with Crippen molar-refractivity contribution in [3.63, 3.8) is 0 Å². The number of aryl methyl sites for hydroxylation is 2. The van der Waals surface area contributed by atoms with Gasteiger partial charge < -0.3 is 10.6 Å². The van der Waals surface area contributed by atoms with Crippen LogP contribution in [0.3, 0.4) is 0 Å². The third-order valence-electron chi connectivity index (χ3n) is 3.41. The molecule has 0 aliphatic carbocycles. The van der Waals surface area contributed by atoms with Gasteiger partial charge in [-0.25, -0.2) is 8.42 Å². The lowest BCUT2D eigenvalue weighted by Gasteiger charge is -2.16. The van der Waals surface area contributed by atoms with Crippen LogP contribution in [0.25, 0.3) is 0 Å². The molecule has 1 aromatic heterocycles. The van der Waals surface area contributed by atoms with Crippen LogP contribution in [-0.2, 0) is 21.9 Å². The Hall–Kier alpha value is -2.39. The van der Waals surface area contributed by atoms with E-state index in [0.29, 0.717) is 11.4 Å². The number of anilines is 2. The summed E-state index contributed by atoms with van der Waals surface area (Å²) in [7, 11) is 0.0664. The molecule has 3 N–H and O–H groups in total. The second-order valence-electron chi connectivity index (χ2n) is 5.56. The number of nitrogens with zero attached hydrogens (tertiary/aromatic N) is 2. The van der Waals surface area contributed by atoms with E-state index in [-0.39, 0.29) is 5.91 Å². The first kappa shape index (κ1) is 18.0. The second kappa shape index (κ2) is 7.02. The molecule has 1 heterocycles. The Morgan fingerprint density at radius 2 is 2.04 bits per heavy atom. The minimum absolute atomic E-state index is 0.264. The van der Waals surface area contributed by atoms with E-state index in [0.717, 1.165) is 17.4 Å². The van der Waals surface area contributed by atoms with Crippen molar-refractivity contribution >= 4 is 27.3 Å². The van der Waals surface area contributed by atoms with Gasteiger partial charge in [0.05, 0.1) is 18.1 Å². The van der Waals surface area contributed by atoms with Crippen LogP contribution >= 0.6 is 0 Å². The van der Waals surface area contributed by atoms with Gasteiger partial charge in [-0.2, -0.15) is 5.10 Å². The summed E-state index contributed by atoms with van der Waals surface area (Å²) < 4.78 is 26.9. The van der Waals surface area contributed by atoms with Crippen molar-refractivity contribution in [2.75, 3.05) is 23.3 Å². The molecule has 0 saturated heterocycles. The molecule has 0 aliphatic rings. The first-order valence-corrected chi connectivity index (χ1v) is 9.14. The zero-order valence-corrected chi connectivity index (χ0v) is 14.8. The summed E-state index contributed by atoms with van der Waals surface area (Å²) in [6.07, 6.45) is 4.45. The Bertz CT molecular complexity index is 845. The fourth-order valence-electron chi connectivity index (χ4n) is 2.26. The molecule has 130 valence electrons. The monoisotopic (exact) mass is 351 g/mol. The number of likely N-dealkylation sites (N-methyl/N-ethyl adjacent to an activating group) is 1. The van der Waals surface area contributed by atoms with Gasteiger partial charge in [0.1, 0.15) is 6.04 Å². The van der Waals surface area contributed by atoms with Crippen molar-refractivity contribution in [1.29, 1.82) is 0 Å². The summed E-state index contributed by atoms with van der Waals surface area (Å²) in [4.78, 5) is 12.5. The molecule has 0 fully saturated rings. The highest BCUT2D eigenvalue weighted by atomic mass is 32.2. The average Bonchev–Trinajstić information content (AvgIpc) is 2.88. The summed E-state index contributed by atoms with van der Waals surface area (Å²) in [6, 6.07) is 4.48. The van der Waals surface area contributed by atoms with Crippen molar-refractivity contribution in [3.8, 4) is 0 Å². The van der Waals surface area contributed by atoms with E-state index in [1.165, 1.54) is 0 Å². The maximum absolute atomic E-state index is 12.5. The van der Waals surface area contributed by atoms with E-state index in [1.807, 2.05) is 0 Å². The topological polar surface area (TPSA) is 105 Å². The van der Waals surface area contributed by atoms with Crippen LogP contribution < -0.4 is 15.4 Å². The van der Waals surface area contributed by atoms with E-state index in [4.69, 9.17) is 0 Å². The highest BCUT2D eigenvalue weighted by Crippen LogP contribution is 2.22. The predicted octanol–water partition coefficient (Wildman–Crippen LogP) is 0.999. The number of rotatable bonds is 6. The highest BCUT2D eigenvalue weighted by Gasteiger charge is 2.20. The van der Waals surface area contributed by atoms with Crippen LogP contribution in [0, 0.1) is 6.92 Å². The smallest absolute Gasteiger partial charge is 0.246 e. The van der Waals surface area contributed by atoms with Crippen LogP contribution in [0.15, 0.2) is 30.6 Å². The number of nitrogens with one attached hydrogen (secondary N) is 3. The van der Waals surface area contributed by atoms with Gasteiger partial charge in [0.15, 0.2) is 0 Å². The van der Waals surface area contributed by atoms with E-state index < -0.39 is 16.1 Å². The van der Waals surface area contributed by atoms with Gasteiger partial charge in [-0.15, -0.1) is 0 Å². The molecular weight excluding hydrogens is 330 g/mol. The molecule has 1 aromatic carbocycles. The molecule has 0 saturated carbocycles. The van der Waals surface area contributed by atoms with Gasteiger partial charge in [0.25, 0.3) is 0 Å². The summed E-state index contributed by atoms with van der Waals surface area (Å²) in [5.41, 5.74) is 2.42. The molecule has 9 heteroatoms. The molecule has 2 rings (SSSR count). The number of carbonyl (C=O) groups is 1. The van der Waals surface area contributed by atoms with Crippen molar-refractivity contribution in [2.45, 2.75) is 13.0 Å². The van der Waals surface area contributed by atoms with Crippen LogP contribution in [0.4, 0.5) is 11.4 Å². The molecule has 0 bridgehead atoms. The quantitative estimate of drug-likeness (QED) is 0.720. The number of hydrogen-bond acceptors (Lipinski definition) is 5. The number of amides is 1. The average molecular weight is 351 g/mol. The predicted molar refractivity (Wildman–Crippen MR) is 93.3 cm³/mol. The van der Waals surface area contributed by atoms with Gasteiger partial charge in [0.2, 0.25) is 15.9 Å². The largest absolute Gasteiger partial charge is 0.324 e. The fourth-order valence-corrected chi connectivity index (χ4v) is 2.88. The van der Waals surface area contributed by atoms with Crippen molar-refractivity contribution in [2.24, 2.45) is 7.05 Å². The van der Waals surface area contributed by atoms with Gasteiger partial charge in [-0.3, -0.25) is 14.2 Å². The summed E-state index contributed by atoms with van der Waals surface area (Å²) >= 11 is 0. The molecule has 0 radical (unpaired) electrons. The molecule has 2 aromatic rings. The van der Waals surface area contributed by atoms with Gasteiger partial charge in [0, 0.05) is 24.5 Å². The van der Waals surface area contributed by atoms with Crippen molar-refractivity contribution in [3.05, 3.63) is 41.7 Å². The molecule has 1 atom stereocenters. The lowest BCUT2D eigenvalue weighted by Crippen LogP contribution is -2.30. The Labute approximate surface area is 141 Å². The molecule has 8 nitrogen and oxygen atoms in total. The first-order chi connectivity index (χ1) is 11.2. The minimum atomic E-state index is -3.39. The number of benzene rings is 1. The van der Waals surface area contributed by atoms with E-state index in [2.05, 4.69) is 20.5 Å². The summed E-state index contributed by atoms with van der Waals surface area (Å²) in [6.45, 7) is 1.78. The molecule has 1 amide bonds. The second-order valence-corrected chi connectivity index (χ2v) is 7.31. The van der Waals surface area contributed by atoms with Crippen molar-refractivity contribution in [1.82, 2.24) is 15.1 Å². The zero-order chi connectivity index (χ0) is 17.9. The lowest BCUT2D eigenvalue weighted by molar-refractivity contribution is -0.118. The van der Waals surface area contributed by atoms with Gasteiger partial charge in [-0.1, -0.05) is 6.07 Å². The molecular formula is C15H21N5O3S. The van der Waals surface area contributed by atoms with E-state index >= 15 is 0 Å². The Morgan fingerprint density at radius 3 is 2.58 bits per heavy atom. The van der Waals surface area contributed by atoms with Gasteiger partial charge in [-0.05, 0) is 31.7 Å². The molecule has 1 unspecified atom stereocenters. The van der Waals surface area contributed by atoms with Crippen LogP contribution in [-0.4, -0.2) is 37.4 Å². The van der Waals surface area contributed by atoms with E-state index in [9.17, 15) is 13.2 Å². The Kier molecular flexibility index (Phi) is 5.25. The lowest BCUT2D eigenvalue weighted by atomic mass is 10.1. The number of aromatic nitrogens is 2. The number of hydrogen-bond donors (Lipinski definition) is 3. The van der Waals surface area contributed by atoms with Crippen LogP contribution in [0.5, 0.6) is 0 Å². The maximum Gasteiger partial charge on any atom is 0.246 e. The third kappa shape index (κ3) is 4.56. The number of carbonyl (C=O) groups excluding carboxylic acids is 1. The minimum Gasteiger partial charge on any atom is -0.324 e. The SMILES string of the molecule is CNC(C(=O)Nc1ccc(C)c(NS(C)(=O)=O)c1)c1cnn(C)c1. The molecule has 0 aliphatic heterocycles. The summed E-state index contributed by atoms with van der Waals surface area (Å²) in [5, 5.41) is 9.78. The van der Waals surface area contributed by atoms with Crippen molar-refractivity contribution < 1.29 is 13.2 Å². The van der Waals surface area contributed by atoms with Crippen LogP contribution in [0.2, 0.25) is 0 Å². The Morgan fingerprint density at radius 1 is 1.33 bits per heavy atom. The van der Waals surface area contributed by atoms with Crippen LogP contribution in [0.1, 0.15) is 17.2 Å².